The molecule has 0 radical (unpaired) electrons. The maximum atomic E-state index is 10.2. The third kappa shape index (κ3) is 70.4. The number of hydrogen-bond acceptors (Lipinski definition) is 6. The van der Waals surface area contributed by atoms with E-state index in [4.69, 9.17) is 19.3 Å². The first-order chi connectivity index (χ1) is 7.71. The normalized spacial score (nSPS) is 9.89. The van der Waals surface area contributed by atoms with Crippen LogP contribution in [0.5, 0.6) is 0 Å². The number of nitriles is 2. The fourth-order valence-corrected chi connectivity index (χ4v) is 0.913. The van der Waals surface area contributed by atoms with Crippen LogP contribution in [0.15, 0.2) is 0 Å². The van der Waals surface area contributed by atoms with Crippen LogP contribution in [-0.4, -0.2) is 40.8 Å². The first-order valence-electron chi connectivity index (χ1n) is 4.19. The maximum Gasteiger partial charge on any atom is 1.00 e. The Bertz CT molecular complexity index is 372. The summed E-state index contributed by atoms with van der Waals surface area (Å²) < 4.78 is 38.5. The molecular formula is C8H14BrN2NaO4S2. The predicted molar refractivity (Wildman–Crippen MR) is 68.8 cm³/mol. The molecule has 0 spiro atoms. The van der Waals surface area contributed by atoms with Gasteiger partial charge in [0.2, 0.25) is 0 Å². The average Bonchev–Trinajstić information content (AvgIpc) is 2.15. The Labute approximate surface area is 141 Å². The fourth-order valence-electron chi connectivity index (χ4n) is 0.273. The zero-order chi connectivity index (χ0) is 14.3. The van der Waals surface area contributed by atoms with Gasteiger partial charge in [-0.15, -0.1) is 0 Å². The average molecular weight is 369 g/mol. The van der Waals surface area contributed by atoms with Gasteiger partial charge in [-0.3, -0.25) is 4.21 Å². The van der Waals surface area contributed by atoms with Gasteiger partial charge in [0.25, 0.3) is 0 Å². The van der Waals surface area contributed by atoms with Gasteiger partial charge in [0.05, 0.1) is 17.9 Å². The molecule has 100 valence electrons. The second-order valence-electron chi connectivity index (χ2n) is 2.54. The number of alkyl halides is 1. The Kier molecular flexibility index (Phi) is 29.7. The van der Waals surface area contributed by atoms with Gasteiger partial charge < -0.3 is 4.55 Å². The minimum absolute atomic E-state index is 0. The van der Waals surface area contributed by atoms with Crippen LogP contribution < -0.4 is 29.6 Å². The van der Waals surface area contributed by atoms with Gasteiger partial charge in [-0.2, -0.15) is 10.5 Å². The molecule has 1 unspecified atom stereocenters. The molecule has 0 aliphatic heterocycles. The van der Waals surface area contributed by atoms with Crippen LogP contribution in [0.3, 0.4) is 0 Å². The maximum absolute atomic E-state index is 10.2. The second-order valence-corrected chi connectivity index (χ2v) is 6.39. The van der Waals surface area contributed by atoms with Crippen molar-refractivity contribution in [1.29, 1.82) is 10.5 Å². The Hall–Kier alpha value is 0.520. The monoisotopic (exact) mass is 368 g/mol. The van der Waals surface area contributed by atoms with E-state index in [2.05, 4.69) is 15.9 Å². The van der Waals surface area contributed by atoms with Gasteiger partial charge in [-0.1, -0.05) is 27.0 Å². The minimum Gasteiger partial charge on any atom is -0.773 e. The van der Waals surface area contributed by atoms with E-state index in [1.165, 1.54) is 0 Å². The molecule has 0 aromatic rings. The smallest absolute Gasteiger partial charge is 0.773 e. The summed E-state index contributed by atoms with van der Waals surface area (Å²) in [7, 11) is -2.91. The molecule has 1 atom stereocenters. The first-order valence-corrected chi connectivity index (χ1v) is 8.86. The first kappa shape index (κ1) is 27.0. The zero-order valence-corrected chi connectivity index (χ0v) is 15.8. The molecule has 0 saturated heterocycles. The van der Waals surface area contributed by atoms with Crippen molar-refractivity contribution in [1.82, 2.24) is 0 Å². The summed E-state index contributed by atoms with van der Waals surface area (Å²) in [6.45, 7) is 0. The van der Waals surface area contributed by atoms with E-state index in [-0.39, 0.29) is 41.7 Å². The molecule has 18 heavy (non-hydrogen) atoms. The Morgan fingerprint density at radius 3 is 1.67 bits per heavy atom. The molecule has 6 nitrogen and oxygen atoms in total. The summed E-state index contributed by atoms with van der Waals surface area (Å²) in [6.07, 6.45) is 2.91. The zero-order valence-electron chi connectivity index (χ0n) is 10.6. The van der Waals surface area contributed by atoms with Crippen LogP contribution in [0.25, 0.3) is 0 Å². The van der Waals surface area contributed by atoms with E-state index in [0.717, 1.165) is 17.8 Å². The minimum atomic E-state index is -2.91. The summed E-state index contributed by atoms with van der Waals surface area (Å²) in [5.41, 5.74) is 0. The van der Waals surface area contributed by atoms with E-state index in [1.807, 2.05) is 6.07 Å². The van der Waals surface area contributed by atoms with Crippen LogP contribution in [0.2, 0.25) is 0 Å². The summed E-state index contributed by atoms with van der Waals surface area (Å²) in [5, 5.41) is 16.5. The molecule has 0 amide bonds. The molecule has 0 aromatic carbocycles. The molecule has 0 rings (SSSR count). The Balaban J connectivity index is -0.0000000855. The summed E-state index contributed by atoms with van der Waals surface area (Å²) in [4.78, 5) is 0. The number of sulfone groups is 1. The van der Waals surface area contributed by atoms with Crippen molar-refractivity contribution in [3.63, 3.8) is 0 Å². The van der Waals surface area contributed by atoms with Gasteiger partial charge >= 0.3 is 29.6 Å². The van der Waals surface area contributed by atoms with Crippen molar-refractivity contribution in [3.8, 4) is 12.1 Å². The van der Waals surface area contributed by atoms with Gasteiger partial charge in [0.15, 0.2) is 0 Å². The van der Waals surface area contributed by atoms with Crippen molar-refractivity contribution >= 4 is 36.8 Å². The van der Waals surface area contributed by atoms with Crippen molar-refractivity contribution in [3.05, 3.63) is 0 Å². The summed E-state index contributed by atoms with van der Waals surface area (Å²) >= 11 is 1.23. The topological polar surface area (TPSA) is 122 Å². The molecule has 0 fully saturated rings. The molecule has 0 saturated carbocycles. The van der Waals surface area contributed by atoms with Crippen LogP contribution in [0.1, 0.15) is 12.8 Å². The molecule has 0 bridgehead atoms. The fraction of sp³-hybridized carbons (Fsp3) is 0.750. The van der Waals surface area contributed by atoms with Gasteiger partial charge in [0.1, 0.15) is 9.84 Å². The quantitative estimate of drug-likeness (QED) is 0.314. The third-order valence-corrected chi connectivity index (χ3v) is 2.13. The van der Waals surface area contributed by atoms with Gasteiger partial charge in [-0.05, 0) is 6.26 Å². The van der Waals surface area contributed by atoms with Crippen molar-refractivity contribution < 1.29 is 46.7 Å². The molecule has 0 aromatic heterocycles. The van der Waals surface area contributed by atoms with Crippen molar-refractivity contribution in [2.75, 3.05) is 23.6 Å². The van der Waals surface area contributed by atoms with E-state index < -0.39 is 20.9 Å². The Morgan fingerprint density at radius 2 is 1.61 bits per heavy atom. The summed E-state index contributed by atoms with van der Waals surface area (Å²) in [5.74, 6) is -0.0243. The van der Waals surface area contributed by atoms with E-state index in [9.17, 15) is 8.42 Å². The van der Waals surface area contributed by atoms with Crippen LogP contribution in [0.4, 0.5) is 0 Å². The van der Waals surface area contributed by atoms with Gasteiger partial charge in [0, 0.05) is 24.4 Å². The van der Waals surface area contributed by atoms with E-state index in [1.54, 1.807) is 6.07 Å². The van der Waals surface area contributed by atoms with Crippen molar-refractivity contribution in [2.45, 2.75) is 12.8 Å². The number of hydrogen-bond donors (Lipinski definition) is 0. The van der Waals surface area contributed by atoms with Crippen LogP contribution >= 0.6 is 15.9 Å². The molecule has 10 heteroatoms. The molecule has 0 N–H and O–H groups in total. The number of rotatable bonds is 3. The van der Waals surface area contributed by atoms with E-state index in [0.29, 0.717) is 6.42 Å². The van der Waals surface area contributed by atoms with Gasteiger partial charge in [-0.25, -0.2) is 8.42 Å². The SMILES string of the molecule is CS(=O)(=O)CCC#N.CS(=O)[O-].N#CCCBr.[Na+]. The Morgan fingerprint density at radius 1 is 1.28 bits per heavy atom. The van der Waals surface area contributed by atoms with Crippen LogP contribution in [0, 0.1) is 22.7 Å². The second kappa shape index (κ2) is 19.9. The molecule has 0 aliphatic carbocycles. The molecule has 0 heterocycles. The van der Waals surface area contributed by atoms with Crippen LogP contribution in [-0.2, 0) is 20.9 Å². The number of halogens is 1. The molecular weight excluding hydrogens is 355 g/mol. The number of nitrogens with zero attached hydrogens (tertiary/aromatic N) is 2. The predicted octanol–water partition coefficient (Wildman–Crippen LogP) is -2.26. The molecule has 0 aliphatic rings. The summed E-state index contributed by atoms with van der Waals surface area (Å²) in [6, 6.07) is 3.72. The van der Waals surface area contributed by atoms with E-state index >= 15 is 0 Å². The largest absolute Gasteiger partial charge is 1.00 e. The third-order valence-electron chi connectivity index (χ3n) is 0.791. The standard InChI is InChI=1S/C4H7NO2S.C3H4BrN.CH4O2S.Na/c1-8(6,7)4-2-3-5;4-2-1-3-5;1-4(2)3;/h2,4H2,1H3;1-2H2;1H3,(H,2,3);/q;;;+1/p-1. The van der Waals surface area contributed by atoms with Crippen molar-refractivity contribution in [2.24, 2.45) is 0 Å².